The van der Waals surface area contributed by atoms with Gasteiger partial charge in [-0.05, 0) is 22.5 Å². The summed E-state index contributed by atoms with van der Waals surface area (Å²) in [5.41, 5.74) is 8.49. The number of carbonyl (C=O) groups excluding carboxylic acids is 2. The smallest absolute Gasteiger partial charge is 0.318 e. The number of nitrogens with one attached hydrogen (secondary N) is 1. The highest BCUT2D eigenvalue weighted by Gasteiger charge is 2.28. The number of amides is 3. The Morgan fingerprint density at radius 2 is 1.67 bits per heavy atom. The molecule has 0 saturated carbocycles. The second kappa shape index (κ2) is 10.2. The molecule has 0 aliphatic heterocycles. The average Bonchev–Trinajstić information content (AvgIpc) is 3.13. The summed E-state index contributed by atoms with van der Waals surface area (Å²) in [6.45, 7) is 10.9. The minimum Gasteiger partial charge on any atom is -0.351 e. The molecule has 0 spiro atoms. The first-order valence-corrected chi connectivity index (χ1v) is 11.8. The normalized spacial score (nSPS) is 12.5. The Hall–Kier alpha value is -3.13. The highest BCUT2D eigenvalue weighted by molar-refractivity contribution is 8.00. The molecule has 0 aliphatic rings. The first-order chi connectivity index (χ1) is 15.6. The summed E-state index contributed by atoms with van der Waals surface area (Å²) in [5.74, 6) is 0.234. The van der Waals surface area contributed by atoms with Crippen LogP contribution in [0.4, 0.5) is 4.79 Å². The summed E-state index contributed by atoms with van der Waals surface area (Å²) in [6.07, 6.45) is 0. The number of aromatic nitrogens is 3. The zero-order chi connectivity index (χ0) is 24.2. The molecular formula is C25H31N5O2S. The molecule has 3 rings (SSSR count). The molecule has 3 amide bonds. The van der Waals surface area contributed by atoms with Crippen LogP contribution in [-0.2, 0) is 16.8 Å². The Labute approximate surface area is 199 Å². The number of rotatable bonds is 7. The fraction of sp³-hybridized carbons (Fsp3) is 0.360. The van der Waals surface area contributed by atoms with Gasteiger partial charge in [-0.3, -0.25) is 14.7 Å². The van der Waals surface area contributed by atoms with Crippen LogP contribution >= 0.6 is 11.8 Å². The van der Waals surface area contributed by atoms with Gasteiger partial charge in [0.2, 0.25) is 5.91 Å². The first kappa shape index (κ1) is 24.5. The van der Waals surface area contributed by atoms with E-state index in [2.05, 4.69) is 60.6 Å². The molecule has 174 valence electrons. The molecule has 1 unspecified atom stereocenters. The molecule has 2 aromatic carbocycles. The van der Waals surface area contributed by atoms with Crippen LogP contribution in [0.2, 0.25) is 0 Å². The average molecular weight is 466 g/mol. The third-order valence-electron chi connectivity index (χ3n) is 5.25. The molecule has 0 aliphatic carbocycles. The van der Waals surface area contributed by atoms with Crippen molar-refractivity contribution in [2.24, 2.45) is 11.7 Å². The van der Waals surface area contributed by atoms with Crippen LogP contribution in [0.1, 0.15) is 45.7 Å². The summed E-state index contributed by atoms with van der Waals surface area (Å²) in [6, 6.07) is 17.5. The highest BCUT2D eigenvalue weighted by Crippen LogP contribution is 2.32. The van der Waals surface area contributed by atoms with E-state index in [9.17, 15) is 9.59 Å². The molecule has 33 heavy (non-hydrogen) atoms. The second-order valence-corrected chi connectivity index (χ2v) is 10.4. The summed E-state index contributed by atoms with van der Waals surface area (Å²) in [5, 5.41) is 11.1. The van der Waals surface area contributed by atoms with Gasteiger partial charge in [0.05, 0.1) is 11.8 Å². The standard InChI is InChI=1S/C25H31N5O2S/c1-16(2)20(22(31)27-23(26)32)33-24-29-28-21(30(24)15-17-9-7-6-8-10-17)18-11-13-19(14-12-18)25(3,4)5/h6-14,16,20H,15H2,1-5H3,(H3,26,27,31,32). The van der Waals surface area contributed by atoms with Crippen molar-refractivity contribution < 1.29 is 9.59 Å². The molecule has 0 fully saturated rings. The van der Waals surface area contributed by atoms with Crippen molar-refractivity contribution in [1.82, 2.24) is 20.1 Å². The number of benzene rings is 2. The van der Waals surface area contributed by atoms with Gasteiger partial charge in [0.15, 0.2) is 11.0 Å². The van der Waals surface area contributed by atoms with E-state index in [1.165, 1.54) is 17.3 Å². The van der Waals surface area contributed by atoms with Crippen molar-refractivity contribution in [1.29, 1.82) is 0 Å². The topological polar surface area (TPSA) is 103 Å². The molecule has 1 aromatic heterocycles. The largest absolute Gasteiger partial charge is 0.351 e. The quantitative estimate of drug-likeness (QED) is 0.496. The zero-order valence-electron chi connectivity index (χ0n) is 19.7. The van der Waals surface area contributed by atoms with Crippen molar-refractivity contribution in [3.8, 4) is 11.4 Å². The number of carbonyl (C=O) groups is 2. The molecule has 1 heterocycles. The maximum absolute atomic E-state index is 12.6. The van der Waals surface area contributed by atoms with Crippen molar-refractivity contribution in [2.45, 2.75) is 57.0 Å². The van der Waals surface area contributed by atoms with Gasteiger partial charge < -0.3 is 5.73 Å². The van der Waals surface area contributed by atoms with Gasteiger partial charge in [-0.2, -0.15) is 0 Å². The molecular weight excluding hydrogens is 434 g/mol. The fourth-order valence-electron chi connectivity index (χ4n) is 3.42. The van der Waals surface area contributed by atoms with Gasteiger partial charge in [-0.15, -0.1) is 10.2 Å². The van der Waals surface area contributed by atoms with Crippen LogP contribution in [0.25, 0.3) is 11.4 Å². The Bertz CT molecular complexity index is 1100. The van der Waals surface area contributed by atoms with E-state index in [1.54, 1.807) is 0 Å². The second-order valence-electron chi connectivity index (χ2n) is 9.34. The van der Waals surface area contributed by atoms with E-state index in [-0.39, 0.29) is 11.3 Å². The van der Waals surface area contributed by atoms with Crippen molar-refractivity contribution in [3.05, 3.63) is 65.7 Å². The molecule has 0 radical (unpaired) electrons. The van der Waals surface area contributed by atoms with Crippen LogP contribution in [-0.4, -0.2) is 32.0 Å². The predicted molar refractivity (Wildman–Crippen MR) is 132 cm³/mol. The summed E-state index contributed by atoms with van der Waals surface area (Å²) in [7, 11) is 0. The minimum atomic E-state index is -0.864. The number of hydrogen-bond acceptors (Lipinski definition) is 5. The molecule has 3 aromatic rings. The molecule has 0 saturated heterocycles. The number of hydrogen-bond donors (Lipinski definition) is 2. The number of nitrogens with zero attached hydrogens (tertiary/aromatic N) is 3. The maximum Gasteiger partial charge on any atom is 0.318 e. The third kappa shape index (κ3) is 6.22. The summed E-state index contributed by atoms with van der Waals surface area (Å²) in [4.78, 5) is 23.8. The lowest BCUT2D eigenvalue weighted by Crippen LogP contribution is -2.42. The van der Waals surface area contributed by atoms with Crippen molar-refractivity contribution in [3.63, 3.8) is 0 Å². The molecule has 1 atom stereocenters. The van der Waals surface area contributed by atoms with E-state index < -0.39 is 17.2 Å². The number of imide groups is 1. The van der Waals surface area contributed by atoms with Crippen LogP contribution in [0.3, 0.4) is 0 Å². The Morgan fingerprint density at radius 3 is 2.21 bits per heavy atom. The lowest BCUT2D eigenvalue weighted by molar-refractivity contribution is -0.120. The van der Waals surface area contributed by atoms with Crippen LogP contribution in [0.5, 0.6) is 0 Å². The minimum absolute atomic E-state index is 0.0502. The van der Waals surface area contributed by atoms with Crippen molar-refractivity contribution >= 4 is 23.7 Å². The monoisotopic (exact) mass is 465 g/mol. The van der Waals surface area contributed by atoms with E-state index in [1.807, 2.05) is 48.7 Å². The van der Waals surface area contributed by atoms with E-state index in [0.717, 1.165) is 17.0 Å². The summed E-state index contributed by atoms with van der Waals surface area (Å²) < 4.78 is 2.01. The van der Waals surface area contributed by atoms with Crippen molar-refractivity contribution in [2.75, 3.05) is 0 Å². The lowest BCUT2D eigenvalue weighted by atomic mass is 9.87. The van der Waals surface area contributed by atoms with Gasteiger partial charge in [0, 0.05) is 5.56 Å². The predicted octanol–water partition coefficient (Wildman–Crippen LogP) is 4.60. The van der Waals surface area contributed by atoms with Gasteiger partial charge >= 0.3 is 6.03 Å². The molecule has 0 bridgehead atoms. The third-order valence-corrected chi connectivity index (χ3v) is 6.78. The number of thioether (sulfide) groups is 1. The number of primary amides is 1. The first-order valence-electron chi connectivity index (χ1n) is 10.9. The molecule has 8 heteroatoms. The SMILES string of the molecule is CC(C)C(Sc1nnc(-c2ccc(C(C)(C)C)cc2)n1Cc1ccccc1)C(=O)NC(N)=O. The molecule has 7 nitrogen and oxygen atoms in total. The van der Waals surface area contributed by atoms with Gasteiger partial charge in [0.1, 0.15) is 0 Å². The van der Waals surface area contributed by atoms with E-state index >= 15 is 0 Å². The highest BCUT2D eigenvalue weighted by atomic mass is 32.2. The number of urea groups is 1. The van der Waals surface area contributed by atoms with E-state index in [4.69, 9.17) is 5.73 Å². The zero-order valence-corrected chi connectivity index (χ0v) is 20.5. The van der Waals surface area contributed by atoms with Crippen LogP contribution in [0, 0.1) is 5.92 Å². The Kier molecular flexibility index (Phi) is 7.58. The number of nitrogens with two attached hydrogens (primary N) is 1. The fourth-order valence-corrected chi connectivity index (χ4v) is 4.45. The van der Waals surface area contributed by atoms with E-state index in [0.29, 0.717) is 11.7 Å². The lowest BCUT2D eigenvalue weighted by Gasteiger charge is -2.20. The van der Waals surface area contributed by atoms with Crippen LogP contribution < -0.4 is 11.1 Å². The Morgan fingerprint density at radius 1 is 1.03 bits per heavy atom. The molecule has 3 N–H and O–H groups in total. The van der Waals surface area contributed by atoms with Gasteiger partial charge in [-0.25, -0.2) is 4.79 Å². The van der Waals surface area contributed by atoms with Gasteiger partial charge in [0.25, 0.3) is 0 Å². The summed E-state index contributed by atoms with van der Waals surface area (Å²) >= 11 is 1.29. The Balaban J connectivity index is 2.01. The van der Waals surface area contributed by atoms with Gasteiger partial charge in [-0.1, -0.05) is 101 Å². The van der Waals surface area contributed by atoms with Crippen LogP contribution in [0.15, 0.2) is 59.8 Å². The maximum atomic E-state index is 12.6.